The number of benzene rings is 1. The molecule has 3 nitrogen and oxygen atoms in total. The van der Waals surface area contributed by atoms with Crippen molar-refractivity contribution in [3.63, 3.8) is 0 Å². The molecule has 1 aromatic carbocycles. The van der Waals surface area contributed by atoms with Crippen molar-refractivity contribution >= 4 is 5.69 Å². The summed E-state index contributed by atoms with van der Waals surface area (Å²) >= 11 is 0. The molecule has 1 saturated heterocycles. The van der Waals surface area contributed by atoms with Crippen molar-refractivity contribution in [2.45, 2.75) is 6.92 Å². The average Bonchev–Trinajstić information content (AvgIpc) is 2.41. The molecule has 0 atom stereocenters. The first-order valence-electron chi connectivity index (χ1n) is 6.47. The number of hydrogen-bond donors (Lipinski definition) is 0. The molecule has 96 valence electrons. The van der Waals surface area contributed by atoms with Crippen LogP contribution in [0.5, 0.6) is 5.75 Å². The summed E-state index contributed by atoms with van der Waals surface area (Å²) in [7, 11) is 0. The van der Waals surface area contributed by atoms with Crippen molar-refractivity contribution in [2.75, 3.05) is 44.2 Å². The number of terminal acetylenes is 1. The zero-order valence-electron chi connectivity index (χ0n) is 10.9. The van der Waals surface area contributed by atoms with Crippen molar-refractivity contribution in [1.82, 2.24) is 4.90 Å². The first-order chi connectivity index (χ1) is 8.85. The Morgan fingerprint density at radius 3 is 2.61 bits per heavy atom. The van der Waals surface area contributed by atoms with Crippen LogP contribution >= 0.6 is 0 Å². The van der Waals surface area contributed by atoms with Gasteiger partial charge in [0.1, 0.15) is 5.75 Å². The van der Waals surface area contributed by atoms with Crippen molar-refractivity contribution in [1.29, 1.82) is 0 Å². The maximum absolute atomic E-state index is 5.68. The minimum Gasteiger partial charge on any atom is -0.492 e. The van der Waals surface area contributed by atoms with Gasteiger partial charge in [-0.3, -0.25) is 4.90 Å². The fourth-order valence-electron chi connectivity index (χ4n) is 2.27. The summed E-state index contributed by atoms with van der Waals surface area (Å²) in [5.41, 5.74) is 1.19. The van der Waals surface area contributed by atoms with Crippen molar-refractivity contribution in [2.24, 2.45) is 0 Å². The largest absolute Gasteiger partial charge is 0.492 e. The molecule has 0 spiro atoms. The van der Waals surface area contributed by atoms with E-state index in [4.69, 9.17) is 11.2 Å². The Labute approximate surface area is 109 Å². The van der Waals surface area contributed by atoms with E-state index in [1.807, 2.05) is 19.1 Å². The molecular formula is C15H20N2O. The summed E-state index contributed by atoms with van der Waals surface area (Å²) < 4.78 is 5.68. The van der Waals surface area contributed by atoms with Gasteiger partial charge in [0.2, 0.25) is 0 Å². The Morgan fingerprint density at radius 2 is 1.94 bits per heavy atom. The van der Waals surface area contributed by atoms with Crippen LogP contribution in [-0.4, -0.2) is 44.2 Å². The van der Waals surface area contributed by atoms with E-state index < -0.39 is 0 Å². The zero-order chi connectivity index (χ0) is 12.8. The van der Waals surface area contributed by atoms with Gasteiger partial charge in [-0.15, -0.1) is 6.42 Å². The third-order valence-corrected chi connectivity index (χ3v) is 3.19. The molecule has 1 aromatic rings. The highest BCUT2D eigenvalue weighted by molar-refractivity contribution is 5.58. The van der Waals surface area contributed by atoms with Crippen LogP contribution in [-0.2, 0) is 0 Å². The van der Waals surface area contributed by atoms with Crippen LogP contribution < -0.4 is 9.64 Å². The van der Waals surface area contributed by atoms with E-state index in [-0.39, 0.29) is 0 Å². The Hall–Kier alpha value is -1.66. The van der Waals surface area contributed by atoms with Gasteiger partial charge in [0, 0.05) is 26.2 Å². The van der Waals surface area contributed by atoms with Gasteiger partial charge < -0.3 is 9.64 Å². The van der Waals surface area contributed by atoms with Crippen LogP contribution in [0.4, 0.5) is 5.69 Å². The molecule has 0 radical (unpaired) electrons. The number of rotatable bonds is 4. The van der Waals surface area contributed by atoms with Crippen molar-refractivity contribution in [3.8, 4) is 18.1 Å². The molecule has 3 heteroatoms. The molecule has 0 saturated carbocycles. The van der Waals surface area contributed by atoms with Crippen molar-refractivity contribution < 1.29 is 4.74 Å². The average molecular weight is 244 g/mol. The number of nitrogens with zero attached hydrogens (tertiary/aromatic N) is 2. The third-order valence-electron chi connectivity index (χ3n) is 3.19. The summed E-state index contributed by atoms with van der Waals surface area (Å²) in [6, 6.07) is 8.24. The minimum absolute atomic E-state index is 0.702. The molecule has 18 heavy (non-hydrogen) atoms. The first kappa shape index (κ1) is 12.8. The zero-order valence-corrected chi connectivity index (χ0v) is 10.9. The van der Waals surface area contributed by atoms with Crippen molar-refractivity contribution in [3.05, 3.63) is 24.3 Å². The van der Waals surface area contributed by atoms with Gasteiger partial charge in [0.05, 0.1) is 18.8 Å². The standard InChI is InChI=1S/C15H20N2O/c1-3-9-16-10-12-17(13-11-16)14-7-5-6-8-15(14)18-4-2/h1,5-8H,4,9-13H2,2H3. The molecule has 0 aromatic heterocycles. The van der Waals surface area contributed by atoms with Gasteiger partial charge in [-0.25, -0.2) is 0 Å². The fourth-order valence-corrected chi connectivity index (χ4v) is 2.27. The number of anilines is 1. The summed E-state index contributed by atoms with van der Waals surface area (Å²) in [4.78, 5) is 4.68. The molecule has 0 aliphatic carbocycles. The van der Waals surface area contributed by atoms with Gasteiger partial charge in [-0.1, -0.05) is 18.1 Å². The van der Waals surface area contributed by atoms with E-state index >= 15 is 0 Å². The Morgan fingerprint density at radius 1 is 1.22 bits per heavy atom. The highest BCUT2D eigenvalue weighted by atomic mass is 16.5. The Balaban J connectivity index is 2.03. The number of piperazine rings is 1. The second-order valence-electron chi connectivity index (χ2n) is 4.37. The molecule has 1 aliphatic heterocycles. The van der Waals surface area contributed by atoms with Crippen LogP contribution in [0.25, 0.3) is 0 Å². The Bertz CT molecular complexity index is 417. The number of hydrogen-bond acceptors (Lipinski definition) is 3. The summed E-state index contributed by atoms with van der Waals surface area (Å²) in [6.45, 7) is 7.52. The normalized spacial score (nSPS) is 16.3. The van der Waals surface area contributed by atoms with Crippen LogP contribution in [0.1, 0.15) is 6.92 Å². The highest BCUT2D eigenvalue weighted by Gasteiger charge is 2.18. The van der Waals surface area contributed by atoms with E-state index in [9.17, 15) is 0 Å². The lowest BCUT2D eigenvalue weighted by Gasteiger charge is -2.35. The van der Waals surface area contributed by atoms with E-state index in [0.29, 0.717) is 6.61 Å². The quantitative estimate of drug-likeness (QED) is 0.752. The predicted molar refractivity (Wildman–Crippen MR) is 75.1 cm³/mol. The number of para-hydroxylation sites is 2. The lowest BCUT2D eigenvalue weighted by atomic mass is 10.2. The topological polar surface area (TPSA) is 15.7 Å². The van der Waals surface area contributed by atoms with Crippen LogP contribution in [0, 0.1) is 12.3 Å². The summed E-state index contributed by atoms with van der Waals surface area (Å²) in [6.07, 6.45) is 5.34. The molecular weight excluding hydrogens is 224 g/mol. The molecule has 1 aliphatic rings. The third kappa shape index (κ3) is 2.96. The molecule has 1 fully saturated rings. The first-order valence-corrected chi connectivity index (χ1v) is 6.47. The number of ether oxygens (including phenoxy) is 1. The van der Waals surface area contributed by atoms with Gasteiger partial charge in [-0.2, -0.15) is 0 Å². The van der Waals surface area contributed by atoms with Crippen LogP contribution in [0.15, 0.2) is 24.3 Å². The van der Waals surface area contributed by atoms with Gasteiger partial charge in [0.15, 0.2) is 0 Å². The lowest BCUT2D eigenvalue weighted by molar-refractivity contribution is 0.285. The van der Waals surface area contributed by atoms with E-state index in [1.165, 1.54) is 5.69 Å². The SMILES string of the molecule is C#CCN1CCN(c2ccccc2OCC)CC1. The van der Waals surface area contributed by atoms with Crippen LogP contribution in [0.3, 0.4) is 0 Å². The predicted octanol–water partition coefficient (Wildman–Crippen LogP) is 1.84. The maximum Gasteiger partial charge on any atom is 0.142 e. The lowest BCUT2D eigenvalue weighted by Crippen LogP contribution is -2.46. The van der Waals surface area contributed by atoms with Crippen LogP contribution in [0.2, 0.25) is 0 Å². The fraction of sp³-hybridized carbons (Fsp3) is 0.467. The molecule has 0 bridgehead atoms. The molecule has 2 rings (SSSR count). The summed E-state index contributed by atoms with van der Waals surface area (Å²) in [5, 5.41) is 0. The van der Waals surface area contributed by atoms with Gasteiger partial charge in [-0.05, 0) is 19.1 Å². The van der Waals surface area contributed by atoms with E-state index in [1.54, 1.807) is 0 Å². The molecule has 1 heterocycles. The molecule has 0 N–H and O–H groups in total. The highest BCUT2D eigenvalue weighted by Crippen LogP contribution is 2.28. The minimum atomic E-state index is 0.702. The molecule has 0 amide bonds. The summed E-state index contributed by atoms with van der Waals surface area (Å²) in [5.74, 6) is 3.68. The van der Waals surface area contributed by atoms with Gasteiger partial charge >= 0.3 is 0 Å². The Kier molecular flexibility index (Phi) is 4.49. The van der Waals surface area contributed by atoms with Gasteiger partial charge in [0.25, 0.3) is 0 Å². The maximum atomic E-state index is 5.68. The smallest absolute Gasteiger partial charge is 0.142 e. The second kappa shape index (κ2) is 6.32. The monoisotopic (exact) mass is 244 g/mol. The second-order valence-corrected chi connectivity index (χ2v) is 4.37. The van der Waals surface area contributed by atoms with E-state index in [0.717, 1.165) is 38.5 Å². The molecule has 0 unspecified atom stereocenters. The van der Waals surface area contributed by atoms with E-state index in [2.05, 4.69) is 27.9 Å².